The molecule has 0 radical (unpaired) electrons. The summed E-state index contributed by atoms with van der Waals surface area (Å²) in [7, 11) is 1.71. The summed E-state index contributed by atoms with van der Waals surface area (Å²) in [6.07, 6.45) is 2.37. The third kappa shape index (κ3) is 4.81. The van der Waals surface area contributed by atoms with Gasteiger partial charge >= 0.3 is 0 Å². The highest BCUT2D eigenvalue weighted by molar-refractivity contribution is 5.79. The Morgan fingerprint density at radius 1 is 1.56 bits per heavy atom. The molecular weight excluding hydrogens is 204 g/mol. The number of aliphatic imine (C=N–C) groups is 1. The van der Waals surface area contributed by atoms with Crippen molar-refractivity contribution >= 4 is 5.96 Å². The maximum atomic E-state index is 5.53. The molecule has 0 aliphatic heterocycles. The van der Waals surface area contributed by atoms with E-state index < -0.39 is 0 Å². The second-order valence-electron chi connectivity index (χ2n) is 4.66. The maximum absolute atomic E-state index is 5.53. The molecule has 0 aromatic carbocycles. The molecule has 1 fully saturated rings. The molecule has 0 saturated heterocycles. The normalized spacial score (nSPS) is 16.7. The molecule has 1 saturated carbocycles. The van der Waals surface area contributed by atoms with Gasteiger partial charge in [0.2, 0.25) is 5.96 Å². The number of rotatable bonds is 6. The highest BCUT2D eigenvalue weighted by Crippen LogP contribution is 2.23. The van der Waals surface area contributed by atoms with Crippen LogP contribution < -0.4 is 11.3 Å². The number of methoxy groups -OCH3 is 1. The zero-order chi connectivity index (χ0) is 12.0. The van der Waals surface area contributed by atoms with E-state index in [0.29, 0.717) is 18.6 Å². The summed E-state index contributed by atoms with van der Waals surface area (Å²) in [5.74, 6) is 6.91. The largest absolute Gasteiger partial charge is 0.383 e. The summed E-state index contributed by atoms with van der Waals surface area (Å²) in [5, 5.41) is 0. The third-order valence-corrected chi connectivity index (χ3v) is 2.43. The van der Waals surface area contributed by atoms with Gasteiger partial charge in [-0.15, -0.1) is 0 Å². The Bertz CT molecular complexity index is 226. The van der Waals surface area contributed by atoms with Crippen molar-refractivity contribution in [1.29, 1.82) is 0 Å². The van der Waals surface area contributed by atoms with Gasteiger partial charge in [-0.2, -0.15) is 0 Å². The summed E-state index contributed by atoms with van der Waals surface area (Å²) in [6, 6.07) is 0.475. The van der Waals surface area contributed by atoms with Gasteiger partial charge in [0.25, 0.3) is 0 Å². The van der Waals surface area contributed by atoms with Crippen molar-refractivity contribution in [2.75, 3.05) is 26.8 Å². The van der Waals surface area contributed by atoms with E-state index in [1.165, 1.54) is 12.8 Å². The van der Waals surface area contributed by atoms with Crippen LogP contribution in [0.5, 0.6) is 0 Å². The van der Waals surface area contributed by atoms with E-state index in [0.717, 1.165) is 19.0 Å². The maximum Gasteiger partial charge on any atom is 0.208 e. The van der Waals surface area contributed by atoms with Gasteiger partial charge in [-0.1, -0.05) is 13.8 Å². The highest BCUT2D eigenvalue weighted by Gasteiger charge is 2.23. The van der Waals surface area contributed by atoms with Gasteiger partial charge in [0.1, 0.15) is 0 Å². The van der Waals surface area contributed by atoms with Gasteiger partial charge in [-0.3, -0.25) is 5.43 Å². The SMILES string of the molecule is COCCN(CC(C)C)C(=NC1CC1)NN. The first-order valence-electron chi connectivity index (χ1n) is 5.95. The Balaban J connectivity index is 2.55. The number of hydrogen-bond acceptors (Lipinski definition) is 3. The first kappa shape index (κ1) is 13.3. The smallest absolute Gasteiger partial charge is 0.208 e. The van der Waals surface area contributed by atoms with Crippen molar-refractivity contribution < 1.29 is 4.74 Å². The Hall–Kier alpha value is -0.810. The molecule has 0 aromatic heterocycles. The molecule has 0 spiro atoms. The van der Waals surface area contributed by atoms with Gasteiger partial charge in [-0.25, -0.2) is 10.8 Å². The minimum atomic E-state index is 0.475. The Morgan fingerprint density at radius 3 is 2.69 bits per heavy atom. The molecule has 0 amide bonds. The van der Waals surface area contributed by atoms with Crippen molar-refractivity contribution in [2.45, 2.75) is 32.7 Å². The van der Waals surface area contributed by atoms with Crippen LogP contribution in [-0.2, 0) is 4.74 Å². The van der Waals surface area contributed by atoms with Gasteiger partial charge < -0.3 is 9.64 Å². The van der Waals surface area contributed by atoms with Crippen LogP contribution in [0, 0.1) is 5.92 Å². The predicted molar refractivity (Wildman–Crippen MR) is 66.1 cm³/mol. The predicted octanol–water partition coefficient (Wildman–Crippen LogP) is 0.573. The van der Waals surface area contributed by atoms with Crippen molar-refractivity contribution in [3.8, 4) is 0 Å². The number of guanidine groups is 1. The Kier molecular flexibility index (Phi) is 5.55. The van der Waals surface area contributed by atoms with E-state index in [2.05, 4.69) is 29.2 Å². The topological polar surface area (TPSA) is 62.9 Å². The lowest BCUT2D eigenvalue weighted by Crippen LogP contribution is -2.47. The molecule has 3 N–H and O–H groups in total. The molecule has 1 rings (SSSR count). The first-order valence-corrected chi connectivity index (χ1v) is 5.95. The highest BCUT2D eigenvalue weighted by atomic mass is 16.5. The molecule has 1 aliphatic rings. The number of ether oxygens (including phenoxy) is 1. The zero-order valence-corrected chi connectivity index (χ0v) is 10.6. The Morgan fingerprint density at radius 2 is 2.25 bits per heavy atom. The fourth-order valence-corrected chi connectivity index (χ4v) is 1.51. The fraction of sp³-hybridized carbons (Fsp3) is 0.909. The van der Waals surface area contributed by atoms with E-state index in [4.69, 9.17) is 10.6 Å². The molecule has 94 valence electrons. The van der Waals surface area contributed by atoms with Crippen molar-refractivity contribution in [3.05, 3.63) is 0 Å². The van der Waals surface area contributed by atoms with Crippen LogP contribution in [0.15, 0.2) is 4.99 Å². The summed E-state index contributed by atoms with van der Waals surface area (Å²) < 4.78 is 5.10. The minimum Gasteiger partial charge on any atom is -0.383 e. The monoisotopic (exact) mass is 228 g/mol. The molecule has 0 unspecified atom stereocenters. The lowest BCUT2D eigenvalue weighted by Gasteiger charge is -2.27. The van der Waals surface area contributed by atoms with E-state index in [1.54, 1.807) is 7.11 Å². The number of nitrogens with zero attached hydrogens (tertiary/aromatic N) is 2. The Labute approximate surface area is 98.0 Å². The van der Waals surface area contributed by atoms with Crippen LogP contribution in [0.2, 0.25) is 0 Å². The van der Waals surface area contributed by atoms with Crippen molar-refractivity contribution in [2.24, 2.45) is 16.8 Å². The molecular formula is C11H24N4O. The minimum absolute atomic E-state index is 0.475. The van der Waals surface area contributed by atoms with Gasteiger partial charge in [0.05, 0.1) is 12.6 Å². The fourth-order valence-electron chi connectivity index (χ4n) is 1.51. The van der Waals surface area contributed by atoms with Crippen LogP contribution in [0.1, 0.15) is 26.7 Å². The number of nitrogens with one attached hydrogen (secondary N) is 1. The molecule has 0 atom stereocenters. The zero-order valence-electron chi connectivity index (χ0n) is 10.6. The lowest BCUT2D eigenvalue weighted by atomic mass is 10.2. The van der Waals surface area contributed by atoms with Gasteiger partial charge in [0.15, 0.2) is 0 Å². The van der Waals surface area contributed by atoms with Gasteiger partial charge in [-0.05, 0) is 18.8 Å². The summed E-state index contributed by atoms with van der Waals surface area (Å²) in [6.45, 7) is 6.83. The second kappa shape index (κ2) is 6.70. The molecule has 0 bridgehead atoms. The quantitative estimate of drug-likeness (QED) is 0.302. The van der Waals surface area contributed by atoms with Crippen LogP contribution in [0.4, 0.5) is 0 Å². The van der Waals surface area contributed by atoms with E-state index in [9.17, 15) is 0 Å². The average molecular weight is 228 g/mol. The van der Waals surface area contributed by atoms with Crippen molar-refractivity contribution in [3.63, 3.8) is 0 Å². The molecule has 0 aromatic rings. The molecule has 16 heavy (non-hydrogen) atoms. The van der Waals surface area contributed by atoms with E-state index >= 15 is 0 Å². The van der Waals surface area contributed by atoms with Crippen molar-refractivity contribution in [1.82, 2.24) is 10.3 Å². The number of hydrazine groups is 1. The van der Waals surface area contributed by atoms with E-state index in [-0.39, 0.29) is 0 Å². The second-order valence-corrected chi connectivity index (χ2v) is 4.66. The third-order valence-electron chi connectivity index (χ3n) is 2.43. The van der Waals surface area contributed by atoms with Crippen LogP contribution >= 0.6 is 0 Å². The van der Waals surface area contributed by atoms with Crippen LogP contribution in [0.3, 0.4) is 0 Å². The molecule has 5 heteroatoms. The standard InChI is InChI=1S/C11H24N4O/c1-9(2)8-15(6-7-16-3)11(14-12)13-10-4-5-10/h9-10H,4-8,12H2,1-3H3,(H,13,14). The molecule has 5 nitrogen and oxygen atoms in total. The average Bonchev–Trinajstić information content (AvgIpc) is 3.04. The van der Waals surface area contributed by atoms with Crippen LogP contribution in [0.25, 0.3) is 0 Å². The summed E-state index contributed by atoms with van der Waals surface area (Å²) >= 11 is 0. The lowest BCUT2D eigenvalue weighted by molar-refractivity contribution is 0.170. The summed E-state index contributed by atoms with van der Waals surface area (Å²) in [5.41, 5.74) is 2.71. The van der Waals surface area contributed by atoms with E-state index in [1.807, 2.05) is 0 Å². The first-order chi connectivity index (χ1) is 7.67. The number of nitrogens with two attached hydrogens (primary N) is 1. The number of hydrogen-bond donors (Lipinski definition) is 2. The summed E-state index contributed by atoms with van der Waals surface area (Å²) in [4.78, 5) is 6.72. The molecule has 0 heterocycles. The van der Waals surface area contributed by atoms with Crippen LogP contribution in [-0.4, -0.2) is 43.7 Å². The van der Waals surface area contributed by atoms with Gasteiger partial charge in [0, 0.05) is 20.2 Å². The molecule has 1 aliphatic carbocycles.